The van der Waals surface area contributed by atoms with E-state index in [1.54, 1.807) is 18.5 Å². The highest BCUT2D eigenvalue weighted by Gasteiger charge is 2.15. The Morgan fingerprint density at radius 2 is 1.73 bits per heavy atom. The van der Waals surface area contributed by atoms with Crippen molar-refractivity contribution in [1.29, 1.82) is 0 Å². The molecule has 4 heterocycles. The number of nitrogens with one attached hydrogen (secondary N) is 3. The van der Waals surface area contributed by atoms with Crippen LogP contribution < -0.4 is 0 Å². The van der Waals surface area contributed by atoms with E-state index in [2.05, 4.69) is 36.4 Å². The fourth-order valence-electron chi connectivity index (χ4n) is 3.85. The Morgan fingerprint density at radius 1 is 0.800 bits per heavy atom. The van der Waals surface area contributed by atoms with Crippen LogP contribution in [-0.2, 0) is 0 Å². The van der Waals surface area contributed by atoms with E-state index >= 15 is 0 Å². The van der Waals surface area contributed by atoms with E-state index < -0.39 is 0 Å². The molecule has 0 aliphatic carbocycles. The Kier molecular flexibility index (Phi) is 3.55. The minimum absolute atomic E-state index is 0.285. The highest BCUT2D eigenvalue weighted by atomic mass is 19.1. The van der Waals surface area contributed by atoms with Gasteiger partial charge in [0.15, 0.2) is 0 Å². The summed E-state index contributed by atoms with van der Waals surface area (Å²) in [6.45, 7) is 0. The molecule has 0 bridgehead atoms. The first-order chi connectivity index (χ1) is 14.8. The summed E-state index contributed by atoms with van der Waals surface area (Å²) in [5, 5.41) is 16.4. The van der Waals surface area contributed by atoms with E-state index in [0.717, 1.165) is 55.6 Å². The molecule has 0 saturated heterocycles. The molecule has 6 nitrogen and oxygen atoms in total. The predicted molar refractivity (Wildman–Crippen MR) is 114 cm³/mol. The lowest BCUT2D eigenvalue weighted by atomic mass is 10.0. The molecule has 0 aliphatic rings. The second-order valence-corrected chi connectivity index (χ2v) is 7.13. The summed E-state index contributed by atoms with van der Waals surface area (Å²) in [6, 6.07) is 16.5. The number of pyridine rings is 1. The average Bonchev–Trinajstić information content (AvgIpc) is 3.51. The molecule has 0 unspecified atom stereocenters. The van der Waals surface area contributed by atoms with Gasteiger partial charge < -0.3 is 4.98 Å². The fourth-order valence-corrected chi connectivity index (χ4v) is 3.85. The summed E-state index contributed by atoms with van der Waals surface area (Å²) < 4.78 is 13.8. The Bertz CT molecular complexity index is 1510. The zero-order chi connectivity index (χ0) is 20.1. The minimum atomic E-state index is -0.285. The molecule has 2 aromatic carbocycles. The Labute approximate surface area is 169 Å². The van der Waals surface area contributed by atoms with Gasteiger partial charge in [-0.3, -0.25) is 15.2 Å². The smallest absolute Gasteiger partial charge is 0.123 e. The number of aromatic amines is 3. The van der Waals surface area contributed by atoms with Crippen LogP contribution in [0.4, 0.5) is 4.39 Å². The molecular weight excluding hydrogens is 379 g/mol. The number of aromatic nitrogens is 6. The zero-order valence-corrected chi connectivity index (χ0v) is 15.6. The monoisotopic (exact) mass is 394 g/mol. The zero-order valence-electron chi connectivity index (χ0n) is 15.6. The number of H-pyrrole nitrogens is 3. The highest BCUT2D eigenvalue weighted by molar-refractivity contribution is 6.00. The fraction of sp³-hybridized carbons (Fsp3) is 0. The van der Waals surface area contributed by atoms with Crippen LogP contribution in [0.2, 0.25) is 0 Å². The third-order valence-electron chi connectivity index (χ3n) is 5.30. The lowest BCUT2D eigenvalue weighted by Crippen LogP contribution is -1.85. The van der Waals surface area contributed by atoms with Gasteiger partial charge in [-0.2, -0.15) is 10.2 Å². The number of hydrogen-bond donors (Lipinski definition) is 3. The van der Waals surface area contributed by atoms with Crippen molar-refractivity contribution in [1.82, 2.24) is 30.4 Å². The topological polar surface area (TPSA) is 86.0 Å². The number of rotatable bonds is 3. The first kappa shape index (κ1) is 16.7. The largest absolute Gasteiger partial charge is 0.353 e. The van der Waals surface area contributed by atoms with Gasteiger partial charge in [-0.1, -0.05) is 18.2 Å². The molecule has 0 fully saturated rings. The van der Waals surface area contributed by atoms with Crippen molar-refractivity contribution in [2.75, 3.05) is 0 Å². The number of halogens is 1. The molecule has 3 N–H and O–H groups in total. The summed E-state index contributed by atoms with van der Waals surface area (Å²) >= 11 is 0. The lowest BCUT2D eigenvalue weighted by Gasteiger charge is -2.02. The first-order valence-corrected chi connectivity index (χ1v) is 9.47. The van der Waals surface area contributed by atoms with Crippen LogP contribution in [0.15, 0.2) is 73.2 Å². The molecule has 0 spiro atoms. The SMILES string of the molecule is Fc1cccc(-c2nccc3[nH]c(-c4n[nH]c5ccc(-c6cn[nH]c6)cc45)cc23)c1. The molecule has 6 aromatic rings. The van der Waals surface area contributed by atoms with Crippen molar-refractivity contribution < 1.29 is 4.39 Å². The van der Waals surface area contributed by atoms with Gasteiger partial charge in [0.05, 0.1) is 23.1 Å². The summed E-state index contributed by atoms with van der Waals surface area (Å²) in [4.78, 5) is 7.93. The molecule has 7 heteroatoms. The first-order valence-electron chi connectivity index (χ1n) is 9.47. The van der Waals surface area contributed by atoms with Crippen LogP contribution in [-0.4, -0.2) is 30.4 Å². The van der Waals surface area contributed by atoms with Crippen LogP contribution in [0.1, 0.15) is 0 Å². The van der Waals surface area contributed by atoms with Gasteiger partial charge in [0, 0.05) is 39.8 Å². The molecular formula is C23H15FN6. The van der Waals surface area contributed by atoms with E-state index in [0.29, 0.717) is 0 Å². The van der Waals surface area contributed by atoms with Crippen molar-refractivity contribution in [3.63, 3.8) is 0 Å². The Balaban J connectivity index is 1.53. The molecule has 0 aliphatic heterocycles. The van der Waals surface area contributed by atoms with Gasteiger partial charge in [0.25, 0.3) is 0 Å². The van der Waals surface area contributed by atoms with E-state index in [1.807, 2.05) is 36.5 Å². The third-order valence-corrected chi connectivity index (χ3v) is 5.30. The van der Waals surface area contributed by atoms with Crippen molar-refractivity contribution in [2.24, 2.45) is 0 Å². The highest BCUT2D eigenvalue weighted by Crippen LogP contribution is 2.34. The second-order valence-electron chi connectivity index (χ2n) is 7.13. The molecule has 0 amide bonds. The van der Waals surface area contributed by atoms with Gasteiger partial charge in [-0.25, -0.2) is 4.39 Å². The van der Waals surface area contributed by atoms with Crippen LogP contribution in [0.3, 0.4) is 0 Å². The van der Waals surface area contributed by atoms with Crippen molar-refractivity contribution in [3.8, 4) is 33.8 Å². The molecule has 0 radical (unpaired) electrons. The van der Waals surface area contributed by atoms with Crippen molar-refractivity contribution >= 4 is 21.8 Å². The number of benzene rings is 2. The van der Waals surface area contributed by atoms with Gasteiger partial charge in [-0.05, 0) is 42.0 Å². The van der Waals surface area contributed by atoms with Crippen molar-refractivity contribution in [2.45, 2.75) is 0 Å². The molecule has 4 aromatic heterocycles. The molecule has 0 atom stereocenters. The van der Waals surface area contributed by atoms with E-state index in [1.165, 1.54) is 12.1 Å². The number of fused-ring (bicyclic) bond motifs is 2. The number of nitrogens with zero attached hydrogens (tertiary/aromatic N) is 3. The van der Waals surface area contributed by atoms with Crippen LogP contribution >= 0.6 is 0 Å². The summed E-state index contributed by atoms with van der Waals surface area (Å²) in [7, 11) is 0. The van der Waals surface area contributed by atoms with Crippen LogP contribution in [0, 0.1) is 5.82 Å². The lowest BCUT2D eigenvalue weighted by molar-refractivity contribution is 0.628. The van der Waals surface area contributed by atoms with Gasteiger partial charge in [0.2, 0.25) is 0 Å². The van der Waals surface area contributed by atoms with E-state index in [4.69, 9.17) is 0 Å². The standard InChI is InChI=1S/C23H15FN6/c24-16-3-1-2-14(8-16)22-18-10-21(28-19(18)6-7-25-22)23-17-9-13(15-11-26-27-12-15)4-5-20(17)29-30-23/h1-12,28H,(H,26,27)(H,29,30). The normalized spacial score (nSPS) is 11.5. The van der Waals surface area contributed by atoms with Gasteiger partial charge >= 0.3 is 0 Å². The summed E-state index contributed by atoms with van der Waals surface area (Å²) in [6.07, 6.45) is 5.38. The molecule has 0 saturated carbocycles. The van der Waals surface area contributed by atoms with Gasteiger partial charge in [0.1, 0.15) is 11.5 Å². The molecule has 30 heavy (non-hydrogen) atoms. The molecule has 144 valence electrons. The summed E-state index contributed by atoms with van der Waals surface area (Å²) in [5.41, 5.74) is 7.08. The Hall–Kier alpha value is -4.26. The maximum atomic E-state index is 13.8. The predicted octanol–water partition coefficient (Wildman–Crippen LogP) is 5.30. The number of hydrogen-bond acceptors (Lipinski definition) is 3. The third kappa shape index (κ3) is 2.60. The quantitative estimate of drug-likeness (QED) is 0.381. The Morgan fingerprint density at radius 3 is 2.60 bits per heavy atom. The average molecular weight is 394 g/mol. The van der Waals surface area contributed by atoms with Crippen LogP contribution in [0.5, 0.6) is 0 Å². The maximum Gasteiger partial charge on any atom is 0.123 e. The van der Waals surface area contributed by atoms with E-state index in [-0.39, 0.29) is 5.82 Å². The molecule has 6 rings (SSSR count). The van der Waals surface area contributed by atoms with Crippen molar-refractivity contribution in [3.05, 3.63) is 79.0 Å². The minimum Gasteiger partial charge on any atom is -0.353 e. The van der Waals surface area contributed by atoms with Crippen LogP contribution in [0.25, 0.3) is 55.6 Å². The van der Waals surface area contributed by atoms with Gasteiger partial charge in [-0.15, -0.1) is 0 Å². The summed E-state index contributed by atoms with van der Waals surface area (Å²) in [5.74, 6) is -0.285. The second kappa shape index (κ2) is 6.38. The maximum absolute atomic E-state index is 13.8. The van der Waals surface area contributed by atoms with E-state index in [9.17, 15) is 4.39 Å².